The van der Waals surface area contributed by atoms with Gasteiger partial charge in [-0.05, 0) is 31.9 Å². The summed E-state index contributed by atoms with van der Waals surface area (Å²) in [7, 11) is 1.50. The van der Waals surface area contributed by atoms with Crippen molar-refractivity contribution in [2.75, 3.05) is 79.8 Å². The van der Waals surface area contributed by atoms with Crippen molar-refractivity contribution in [3.63, 3.8) is 0 Å². The van der Waals surface area contributed by atoms with Crippen molar-refractivity contribution in [2.24, 2.45) is 5.92 Å². The second-order valence-corrected chi connectivity index (χ2v) is 17.8. The lowest BCUT2D eigenvalue weighted by atomic mass is 9.85. The summed E-state index contributed by atoms with van der Waals surface area (Å²) >= 11 is 0. The van der Waals surface area contributed by atoms with Crippen LogP contribution in [0.1, 0.15) is 50.8 Å². The summed E-state index contributed by atoms with van der Waals surface area (Å²) in [6.07, 6.45) is -0.636. The number of hydrogen-bond acceptors (Lipinski definition) is 23. The van der Waals surface area contributed by atoms with Crippen molar-refractivity contribution in [3.05, 3.63) is 144 Å². The molecule has 0 amide bonds. The Kier molecular flexibility index (Phi) is 24.3. The summed E-state index contributed by atoms with van der Waals surface area (Å²) in [5.41, 5.74) is -0.730. The number of ether oxygens (including phenoxy) is 13. The van der Waals surface area contributed by atoms with Crippen molar-refractivity contribution in [2.45, 2.75) is 57.0 Å². The van der Waals surface area contributed by atoms with Crippen molar-refractivity contribution >= 4 is 59.7 Å². The van der Waals surface area contributed by atoms with Gasteiger partial charge in [0.1, 0.15) is 12.7 Å². The van der Waals surface area contributed by atoms with Crippen LogP contribution in [0, 0.1) is 5.92 Å². The highest BCUT2D eigenvalue weighted by Crippen LogP contribution is 2.40. The van der Waals surface area contributed by atoms with Gasteiger partial charge in [-0.3, -0.25) is 4.79 Å². The third-order valence-corrected chi connectivity index (χ3v) is 11.6. The molecule has 3 aliphatic rings. The second-order valence-electron chi connectivity index (χ2n) is 17.8. The number of rotatable bonds is 22. The van der Waals surface area contributed by atoms with Gasteiger partial charge in [-0.25, -0.2) is 43.2 Å². The van der Waals surface area contributed by atoms with Crippen LogP contribution >= 0.6 is 0 Å². The highest BCUT2D eigenvalue weighted by molar-refractivity contribution is 5.90. The molecule has 6 rings (SSSR count). The number of esters is 10. The lowest BCUT2D eigenvalue weighted by molar-refractivity contribution is -0.181. The van der Waals surface area contributed by atoms with Gasteiger partial charge in [0.25, 0.3) is 0 Å². The lowest BCUT2D eigenvalue weighted by Crippen LogP contribution is -2.44. The largest absolute Gasteiger partial charge is 0.461 e. The van der Waals surface area contributed by atoms with Crippen LogP contribution in [0.25, 0.3) is 0 Å². The van der Waals surface area contributed by atoms with Crippen LogP contribution in [-0.4, -0.2) is 146 Å². The molecule has 23 heteroatoms. The maximum Gasteiger partial charge on any atom is 0.345 e. The molecular weight excluding hydrogens is 1040 g/mol. The van der Waals surface area contributed by atoms with E-state index in [2.05, 4.69) is 33.9 Å². The van der Waals surface area contributed by atoms with Crippen LogP contribution in [0.3, 0.4) is 0 Å². The predicted molar refractivity (Wildman–Crippen MR) is 270 cm³/mol. The normalized spacial score (nSPS) is 20.5. The smallest absolute Gasteiger partial charge is 0.345 e. The van der Waals surface area contributed by atoms with E-state index in [0.29, 0.717) is 17.7 Å². The molecule has 424 valence electrons. The van der Waals surface area contributed by atoms with Gasteiger partial charge in [-0.15, -0.1) is 0 Å². The summed E-state index contributed by atoms with van der Waals surface area (Å²) in [4.78, 5) is 116. The predicted octanol–water partition coefficient (Wildman–Crippen LogP) is 3.92. The van der Waals surface area contributed by atoms with E-state index >= 15 is 0 Å². The number of cyclic esters (lactones) is 1. The third-order valence-electron chi connectivity index (χ3n) is 11.6. The van der Waals surface area contributed by atoms with Gasteiger partial charge in [-0.1, -0.05) is 118 Å². The van der Waals surface area contributed by atoms with E-state index < -0.39 is 122 Å². The zero-order chi connectivity index (χ0) is 58.2. The molecule has 0 radical (unpaired) electrons. The first kappa shape index (κ1) is 63.0. The van der Waals surface area contributed by atoms with Gasteiger partial charge in [0.05, 0.1) is 32.8 Å². The molecule has 0 aromatic heterocycles. The SMILES string of the molecule is C=C(C)C(=O)OCC(=O)OCC(=O)OC1(c2ccccc2)COC(=O)C1.C=C(C)C(=O)OCC(=O)OCC(=O)OC1(c2ccccc2)COCC1C.C=C(C)C(=O)OCC(=O)OCC(=O)OC1(c2ccccc2)COCC1OC. The van der Waals surface area contributed by atoms with E-state index in [4.69, 9.17) is 47.4 Å². The molecule has 23 nitrogen and oxygen atoms in total. The maximum atomic E-state index is 12.3. The van der Waals surface area contributed by atoms with E-state index in [-0.39, 0.29) is 55.5 Å². The Labute approximate surface area is 454 Å². The van der Waals surface area contributed by atoms with Crippen molar-refractivity contribution < 1.29 is 110 Å². The maximum absolute atomic E-state index is 12.3. The number of carbonyl (C=O) groups excluding carboxylic acids is 10. The van der Waals surface area contributed by atoms with E-state index in [1.807, 2.05) is 55.5 Å². The Bertz CT molecular complexity index is 2690. The molecule has 0 spiro atoms. The Morgan fingerprint density at radius 2 is 0.835 bits per heavy atom. The van der Waals surface area contributed by atoms with Gasteiger partial charge >= 0.3 is 59.7 Å². The van der Waals surface area contributed by atoms with Gasteiger partial charge in [0.2, 0.25) is 0 Å². The molecule has 3 heterocycles. The number of hydrogen-bond donors (Lipinski definition) is 0. The fourth-order valence-corrected chi connectivity index (χ4v) is 7.47. The van der Waals surface area contributed by atoms with Crippen molar-refractivity contribution in [3.8, 4) is 0 Å². The monoisotopic (exact) mass is 1100 g/mol. The minimum atomic E-state index is -1.26. The van der Waals surface area contributed by atoms with Gasteiger partial charge in [0.15, 0.2) is 56.4 Å². The first-order valence-electron chi connectivity index (χ1n) is 24.2. The highest BCUT2D eigenvalue weighted by atomic mass is 16.7. The molecule has 0 bridgehead atoms. The molecule has 3 aromatic rings. The van der Waals surface area contributed by atoms with Crippen molar-refractivity contribution in [1.29, 1.82) is 0 Å². The summed E-state index contributed by atoms with van der Waals surface area (Å²) in [6.45, 7) is 13.6. The fourth-order valence-electron chi connectivity index (χ4n) is 7.47. The van der Waals surface area contributed by atoms with Crippen LogP contribution in [0.5, 0.6) is 0 Å². The van der Waals surface area contributed by atoms with Crippen LogP contribution in [0.15, 0.2) is 127 Å². The molecule has 0 N–H and O–H groups in total. The molecule has 3 aliphatic heterocycles. The molecule has 3 fully saturated rings. The molecule has 3 saturated heterocycles. The molecule has 0 aliphatic carbocycles. The molecular formula is C56H62O23. The van der Waals surface area contributed by atoms with Gasteiger partial charge in [0, 0.05) is 35.3 Å². The molecule has 3 aromatic carbocycles. The van der Waals surface area contributed by atoms with E-state index in [9.17, 15) is 47.9 Å². The average Bonchev–Trinajstić information content (AvgIpc) is 4.19. The Hall–Kier alpha value is -8.54. The highest BCUT2D eigenvalue weighted by Gasteiger charge is 2.50. The van der Waals surface area contributed by atoms with Crippen LogP contribution < -0.4 is 0 Å². The Morgan fingerprint density at radius 3 is 1.20 bits per heavy atom. The molecule has 79 heavy (non-hydrogen) atoms. The van der Waals surface area contributed by atoms with Crippen molar-refractivity contribution in [1.82, 2.24) is 0 Å². The minimum Gasteiger partial charge on any atom is -0.461 e. The fraction of sp³-hybridized carbons (Fsp3) is 0.393. The molecule has 5 atom stereocenters. The summed E-state index contributed by atoms with van der Waals surface area (Å²) in [5.74, 6) is -7.68. The second kappa shape index (κ2) is 30.4. The topological polar surface area (TPSA) is 291 Å². The Balaban J connectivity index is 0.000000255. The third kappa shape index (κ3) is 18.9. The lowest BCUT2D eigenvalue weighted by Gasteiger charge is -2.32. The number of benzene rings is 3. The van der Waals surface area contributed by atoms with E-state index in [0.717, 1.165) is 5.56 Å². The summed E-state index contributed by atoms with van der Waals surface area (Å²) in [6, 6.07) is 27.0. The average molecular weight is 1100 g/mol. The quantitative estimate of drug-likeness (QED) is 0.0782. The molecule has 0 saturated carbocycles. The summed E-state index contributed by atoms with van der Waals surface area (Å²) in [5, 5.41) is 0. The van der Waals surface area contributed by atoms with Gasteiger partial charge < -0.3 is 61.6 Å². The Morgan fingerprint density at radius 1 is 0.481 bits per heavy atom. The first-order chi connectivity index (χ1) is 37.6. The first-order valence-corrected chi connectivity index (χ1v) is 24.2. The van der Waals surface area contributed by atoms with Crippen LogP contribution in [0.4, 0.5) is 0 Å². The molecule has 5 unspecified atom stereocenters. The van der Waals surface area contributed by atoms with E-state index in [1.54, 1.807) is 42.5 Å². The van der Waals surface area contributed by atoms with E-state index in [1.165, 1.54) is 27.9 Å². The number of methoxy groups -OCH3 is 1. The van der Waals surface area contributed by atoms with Crippen LogP contribution in [-0.2, 0) is 126 Å². The van der Waals surface area contributed by atoms with Gasteiger partial charge in [-0.2, -0.15) is 0 Å². The van der Waals surface area contributed by atoms with Crippen LogP contribution in [0.2, 0.25) is 0 Å². The minimum absolute atomic E-state index is 0.0546. The standard InChI is InChI=1S/C19H22O8.C19H22O7.C18H18O8/c1-13(2)18(22)26-10-16(20)25-11-17(21)27-19(12-24-9-15(19)23-3)14-7-5-4-6-8-14;1-13(2)18(22)25-10-16(20)24-11-17(21)26-19(12-23-9-14(19)3)15-7-5-4-6-8-15;1-12(2)17(22)24-9-15(20)23-10-16(21)26-18(8-14(19)25-11-18)13-6-4-3-5-7-13/h4-8,15H,1,9-12H2,2-3H3;4-8,14H,1,9-12H2,2-3H3;3-7H,1,8-11H2,2H3. The zero-order valence-corrected chi connectivity index (χ0v) is 44.3. The summed E-state index contributed by atoms with van der Waals surface area (Å²) < 4.78 is 66.2. The zero-order valence-electron chi connectivity index (χ0n) is 44.3. The number of carbonyl (C=O) groups is 10.